The molecule has 2 N–H and O–H groups in total. The molecule has 1 fully saturated rings. The average Bonchev–Trinajstić information content (AvgIpc) is 3.34. The monoisotopic (exact) mass is 530 g/mol. The molecule has 9 heteroatoms. The van der Waals surface area contributed by atoms with Gasteiger partial charge in [0.25, 0.3) is 5.56 Å². The Morgan fingerprint density at radius 1 is 0.872 bits per heavy atom. The van der Waals surface area contributed by atoms with E-state index in [9.17, 15) is 14.7 Å². The zero-order valence-corrected chi connectivity index (χ0v) is 21.7. The summed E-state index contributed by atoms with van der Waals surface area (Å²) in [6, 6.07) is 26.3. The van der Waals surface area contributed by atoms with E-state index in [1.54, 1.807) is 14.2 Å². The van der Waals surface area contributed by atoms with Crippen molar-refractivity contribution in [1.29, 1.82) is 0 Å². The van der Waals surface area contributed by atoms with E-state index in [4.69, 9.17) is 18.9 Å². The first-order valence-corrected chi connectivity index (χ1v) is 12.6. The van der Waals surface area contributed by atoms with Gasteiger partial charge in [0, 0.05) is 18.7 Å². The Balaban J connectivity index is 1.54. The number of methoxy groups -OCH3 is 2. The van der Waals surface area contributed by atoms with Crippen LogP contribution in [0.15, 0.2) is 101 Å². The minimum absolute atomic E-state index is 0.0166. The van der Waals surface area contributed by atoms with Crippen LogP contribution in [-0.4, -0.2) is 47.7 Å². The lowest BCUT2D eigenvalue weighted by Gasteiger charge is -2.37. The van der Waals surface area contributed by atoms with Gasteiger partial charge >= 0.3 is 5.69 Å². The van der Waals surface area contributed by atoms with E-state index in [1.807, 2.05) is 78.9 Å². The number of aliphatic hydroxyl groups excluding tert-OH is 1. The highest BCUT2D eigenvalue weighted by atomic mass is 16.6. The second-order valence-corrected chi connectivity index (χ2v) is 9.26. The maximum atomic E-state index is 12.3. The molecule has 0 bridgehead atoms. The smallest absolute Gasteiger partial charge is 0.330 e. The zero-order chi connectivity index (χ0) is 27.4. The van der Waals surface area contributed by atoms with E-state index in [0.29, 0.717) is 11.5 Å². The first kappa shape index (κ1) is 26.4. The van der Waals surface area contributed by atoms with Crippen LogP contribution in [0.5, 0.6) is 11.5 Å². The summed E-state index contributed by atoms with van der Waals surface area (Å²) in [5.41, 5.74) is 0.399. The Morgan fingerprint density at radius 2 is 1.44 bits per heavy atom. The lowest BCUT2D eigenvalue weighted by molar-refractivity contribution is -0.0944. The van der Waals surface area contributed by atoms with E-state index >= 15 is 0 Å². The van der Waals surface area contributed by atoms with Crippen LogP contribution in [0.2, 0.25) is 0 Å². The van der Waals surface area contributed by atoms with Crippen LogP contribution in [0.1, 0.15) is 29.3 Å². The first-order chi connectivity index (χ1) is 18.9. The molecule has 9 nitrogen and oxygen atoms in total. The van der Waals surface area contributed by atoms with Crippen LogP contribution in [0.3, 0.4) is 0 Å². The van der Waals surface area contributed by atoms with Crippen LogP contribution < -0.4 is 20.7 Å². The molecular formula is C30H30N2O7. The normalized spacial score (nSPS) is 19.1. The molecule has 4 aromatic rings. The summed E-state index contributed by atoms with van der Waals surface area (Å²) in [5, 5.41) is 10.9. The number of benzene rings is 3. The van der Waals surface area contributed by atoms with Crippen molar-refractivity contribution in [3.63, 3.8) is 0 Å². The first-order valence-electron chi connectivity index (χ1n) is 12.6. The van der Waals surface area contributed by atoms with Crippen LogP contribution in [0.25, 0.3) is 0 Å². The second kappa shape index (κ2) is 11.3. The Kier molecular flexibility index (Phi) is 7.65. The number of H-pyrrole nitrogens is 1. The molecule has 1 saturated heterocycles. The lowest BCUT2D eigenvalue weighted by Crippen LogP contribution is -2.38. The third-order valence-corrected chi connectivity index (χ3v) is 7.00. The van der Waals surface area contributed by atoms with Crippen molar-refractivity contribution in [3.8, 4) is 11.5 Å². The van der Waals surface area contributed by atoms with Gasteiger partial charge in [0.15, 0.2) is 0 Å². The van der Waals surface area contributed by atoms with E-state index in [0.717, 1.165) is 16.7 Å². The van der Waals surface area contributed by atoms with E-state index in [1.165, 1.54) is 16.8 Å². The van der Waals surface area contributed by atoms with Crippen LogP contribution in [0, 0.1) is 0 Å². The Bertz CT molecular complexity index is 1450. The van der Waals surface area contributed by atoms with Gasteiger partial charge in [-0.1, -0.05) is 54.6 Å². The maximum Gasteiger partial charge on any atom is 0.330 e. The fourth-order valence-corrected chi connectivity index (χ4v) is 4.97. The van der Waals surface area contributed by atoms with Crippen molar-refractivity contribution in [2.75, 3.05) is 20.8 Å². The van der Waals surface area contributed by atoms with Crippen LogP contribution in [-0.2, 0) is 15.1 Å². The topological polar surface area (TPSA) is 112 Å². The number of nitrogens with one attached hydrogen (secondary N) is 1. The summed E-state index contributed by atoms with van der Waals surface area (Å²) in [6.07, 6.45) is -0.831. The molecule has 3 aromatic carbocycles. The SMILES string of the molecule is COc1ccc(C(OCC2O[C@@H](n3ccc(=O)[nH]c3=O)C[C@H]2O)(c2ccccc2)c2ccc(OC)cc2)cc1. The van der Waals surface area contributed by atoms with Gasteiger partial charge in [0.05, 0.1) is 26.9 Å². The number of aliphatic hydroxyl groups is 1. The van der Waals surface area contributed by atoms with Gasteiger partial charge in [-0.15, -0.1) is 0 Å². The van der Waals surface area contributed by atoms with E-state index in [-0.39, 0.29) is 13.0 Å². The third-order valence-electron chi connectivity index (χ3n) is 7.00. The number of aromatic nitrogens is 2. The Labute approximate surface area is 225 Å². The van der Waals surface area contributed by atoms with Gasteiger partial charge in [-0.25, -0.2) is 4.79 Å². The minimum atomic E-state index is -1.07. The number of ether oxygens (including phenoxy) is 4. The molecule has 0 radical (unpaired) electrons. The molecule has 0 amide bonds. The fraction of sp³-hybridized carbons (Fsp3) is 0.267. The third kappa shape index (κ3) is 5.24. The molecule has 1 aliphatic heterocycles. The highest BCUT2D eigenvalue weighted by Crippen LogP contribution is 2.42. The summed E-state index contributed by atoms with van der Waals surface area (Å²) >= 11 is 0. The van der Waals surface area contributed by atoms with Gasteiger partial charge in [0.2, 0.25) is 0 Å². The minimum Gasteiger partial charge on any atom is -0.497 e. The molecule has 1 aromatic heterocycles. The molecule has 5 rings (SSSR count). The summed E-state index contributed by atoms with van der Waals surface area (Å²) < 4.78 is 24.9. The molecular weight excluding hydrogens is 500 g/mol. The highest BCUT2D eigenvalue weighted by molar-refractivity contribution is 5.49. The molecule has 1 unspecified atom stereocenters. The predicted octanol–water partition coefficient (Wildman–Crippen LogP) is 3.21. The van der Waals surface area contributed by atoms with E-state index < -0.39 is 35.3 Å². The van der Waals surface area contributed by atoms with Crippen molar-refractivity contribution in [3.05, 3.63) is 129 Å². The summed E-state index contributed by atoms with van der Waals surface area (Å²) in [5.74, 6) is 1.42. The standard InChI is InChI=1S/C30H30N2O7/c1-36-23-12-8-21(9-13-23)30(20-6-4-3-5-7-20,22-10-14-24(37-2)15-11-22)38-19-26-25(33)18-28(39-26)32-17-16-27(34)31-29(32)35/h3-17,25-26,28,33H,18-19H2,1-2H3,(H,31,34,35)/t25-,26?,28-/m1/s1. The van der Waals surface area contributed by atoms with Crippen molar-refractivity contribution in [2.45, 2.75) is 30.5 Å². The van der Waals surface area contributed by atoms with Gasteiger partial charge in [0.1, 0.15) is 29.4 Å². The Hall–Kier alpha value is -4.18. The van der Waals surface area contributed by atoms with Crippen LogP contribution in [0.4, 0.5) is 0 Å². The van der Waals surface area contributed by atoms with Gasteiger partial charge in [-0.2, -0.15) is 0 Å². The van der Waals surface area contributed by atoms with Gasteiger partial charge in [-0.3, -0.25) is 14.3 Å². The van der Waals surface area contributed by atoms with Crippen molar-refractivity contribution >= 4 is 0 Å². The quantitative estimate of drug-likeness (QED) is 0.320. The highest BCUT2D eigenvalue weighted by Gasteiger charge is 2.42. The summed E-state index contributed by atoms with van der Waals surface area (Å²) in [6.45, 7) is 0.0166. The molecule has 1 aliphatic rings. The number of nitrogens with zero attached hydrogens (tertiary/aromatic N) is 1. The Morgan fingerprint density at radius 3 is 1.97 bits per heavy atom. The maximum absolute atomic E-state index is 12.3. The number of hydrogen-bond acceptors (Lipinski definition) is 7. The number of rotatable bonds is 9. The predicted molar refractivity (Wildman–Crippen MR) is 144 cm³/mol. The van der Waals surface area contributed by atoms with Gasteiger partial charge in [-0.05, 0) is 41.0 Å². The molecule has 2 heterocycles. The summed E-state index contributed by atoms with van der Waals surface area (Å²) in [7, 11) is 3.23. The lowest BCUT2D eigenvalue weighted by atomic mass is 9.80. The molecule has 3 atom stereocenters. The molecule has 0 spiro atoms. The molecule has 0 saturated carbocycles. The largest absolute Gasteiger partial charge is 0.497 e. The van der Waals surface area contributed by atoms with E-state index in [2.05, 4.69) is 4.98 Å². The second-order valence-electron chi connectivity index (χ2n) is 9.26. The fourth-order valence-electron chi connectivity index (χ4n) is 4.97. The van der Waals surface area contributed by atoms with Crippen molar-refractivity contribution < 1.29 is 24.1 Å². The zero-order valence-electron chi connectivity index (χ0n) is 21.7. The van der Waals surface area contributed by atoms with Crippen molar-refractivity contribution in [1.82, 2.24) is 9.55 Å². The van der Waals surface area contributed by atoms with Gasteiger partial charge < -0.3 is 24.1 Å². The number of aromatic amines is 1. The molecule has 0 aliphatic carbocycles. The number of hydrogen-bond donors (Lipinski definition) is 2. The average molecular weight is 531 g/mol. The molecule has 39 heavy (non-hydrogen) atoms. The summed E-state index contributed by atoms with van der Waals surface area (Å²) in [4.78, 5) is 26.0. The van der Waals surface area contributed by atoms with Crippen LogP contribution >= 0.6 is 0 Å². The molecule has 202 valence electrons. The van der Waals surface area contributed by atoms with Crippen molar-refractivity contribution in [2.24, 2.45) is 0 Å².